The van der Waals surface area contributed by atoms with Crippen molar-refractivity contribution < 1.29 is 19.1 Å². The summed E-state index contributed by atoms with van der Waals surface area (Å²) in [5.74, 6) is 0.638. The molecule has 2 aromatic carbocycles. The zero-order chi connectivity index (χ0) is 29.1. The molecule has 3 N–H and O–H groups in total. The van der Waals surface area contributed by atoms with E-state index in [4.69, 9.17) is 15.2 Å². The number of nitrogens with one attached hydrogen (secondary N) is 1. The average molecular weight is 589 g/mol. The van der Waals surface area contributed by atoms with Crippen LogP contribution in [0, 0.1) is 18.3 Å². The van der Waals surface area contributed by atoms with Crippen molar-refractivity contribution in [1.29, 1.82) is 5.26 Å². The summed E-state index contributed by atoms with van der Waals surface area (Å²) in [7, 11) is 3.07. The molecule has 0 saturated carbocycles. The summed E-state index contributed by atoms with van der Waals surface area (Å²) in [4.78, 5) is 27.8. The van der Waals surface area contributed by atoms with Gasteiger partial charge in [0.15, 0.2) is 10.1 Å². The lowest BCUT2D eigenvalue weighted by Gasteiger charge is -2.38. The Morgan fingerprint density at radius 2 is 2.02 bits per heavy atom. The van der Waals surface area contributed by atoms with Crippen molar-refractivity contribution in [1.82, 2.24) is 10.2 Å². The molecule has 1 unspecified atom stereocenters. The van der Waals surface area contributed by atoms with Gasteiger partial charge in [0.1, 0.15) is 17.3 Å². The molecule has 2 heterocycles. The summed E-state index contributed by atoms with van der Waals surface area (Å²) in [6.07, 6.45) is 1.71. The first-order chi connectivity index (χ1) is 19.9. The number of aryl methyl sites for hydroxylation is 1. The number of nitriles is 1. The third-order valence-electron chi connectivity index (χ3n) is 7.01. The van der Waals surface area contributed by atoms with E-state index in [0.717, 1.165) is 16.8 Å². The van der Waals surface area contributed by atoms with Gasteiger partial charge in [-0.3, -0.25) is 14.5 Å². The van der Waals surface area contributed by atoms with Gasteiger partial charge in [0.05, 0.1) is 43.2 Å². The molecule has 0 fully saturated rings. The zero-order valence-electron chi connectivity index (χ0n) is 22.8. The highest BCUT2D eigenvalue weighted by Gasteiger charge is 2.41. The predicted octanol–water partition coefficient (Wildman–Crippen LogP) is 4.90. The summed E-state index contributed by atoms with van der Waals surface area (Å²) in [5, 5.41) is 22.1. The maximum Gasteiger partial charge on any atom is 0.234 e. The number of ketones is 1. The zero-order valence-corrected chi connectivity index (χ0v) is 24.4. The van der Waals surface area contributed by atoms with Crippen LogP contribution in [0.4, 0.5) is 10.8 Å². The highest BCUT2D eigenvalue weighted by Crippen LogP contribution is 2.47. The number of carbonyl (C=O) groups excluding carboxylic acids is 2. The average Bonchev–Trinajstić information content (AvgIpc) is 3.44. The number of amides is 1. The third kappa shape index (κ3) is 5.51. The van der Waals surface area contributed by atoms with Crippen LogP contribution < -0.4 is 25.4 Å². The number of hydrogen-bond donors (Lipinski definition) is 2. The number of thioether (sulfide) groups is 1. The number of ether oxygens (including phenoxy) is 2. The Labute approximate surface area is 245 Å². The first-order valence-corrected chi connectivity index (χ1v) is 14.7. The van der Waals surface area contributed by atoms with Gasteiger partial charge in [-0.05, 0) is 43.0 Å². The van der Waals surface area contributed by atoms with E-state index in [-0.39, 0.29) is 23.3 Å². The van der Waals surface area contributed by atoms with Crippen LogP contribution in [0.15, 0.2) is 69.5 Å². The van der Waals surface area contributed by atoms with E-state index in [1.165, 1.54) is 30.2 Å². The molecule has 1 aromatic heterocycles. The standard InChI is InChI=1S/C29H28N6O4S2/c1-16-7-4-5-8-18(16)25-19(14-30)27(31)35(21-9-6-10-22(36)26(21)25)28-33-34-29(41-28)40-15-24(37)32-20-13-17(38-2)11-12-23(20)39-3/h4-5,7-8,11-13,25H,6,9-10,15,31H2,1-3H3,(H,32,37). The van der Waals surface area contributed by atoms with Crippen LogP contribution in [0.25, 0.3) is 0 Å². The van der Waals surface area contributed by atoms with Gasteiger partial charge in [0.2, 0.25) is 11.0 Å². The molecular formula is C29H28N6O4S2. The highest BCUT2D eigenvalue weighted by molar-refractivity contribution is 8.01. The number of hydrogen-bond acceptors (Lipinski definition) is 11. The molecule has 1 aliphatic carbocycles. The summed E-state index contributed by atoms with van der Waals surface area (Å²) < 4.78 is 11.1. The lowest BCUT2D eigenvalue weighted by Crippen LogP contribution is -2.38. The number of anilines is 2. The lowest BCUT2D eigenvalue weighted by molar-refractivity contribution is -0.116. The fourth-order valence-corrected chi connectivity index (χ4v) is 6.78. The number of allylic oxidation sites excluding steroid dienone is 3. The Balaban J connectivity index is 1.40. The number of nitrogens with two attached hydrogens (primary N) is 1. The van der Waals surface area contributed by atoms with Crippen molar-refractivity contribution in [2.75, 3.05) is 30.2 Å². The molecule has 0 spiro atoms. The van der Waals surface area contributed by atoms with Gasteiger partial charge >= 0.3 is 0 Å². The molecule has 0 bridgehead atoms. The Morgan fingerprint density at radius 3 is 2.76 bits per heavy atom. The molecule has 210 valence electrons. The summed E-state index contributed by atoms with van der Waals surface area (Å²) >= 11 is 2.47. The van der Waals surface area contributed by atoms with Gasteiger partial charge in [-0.1, -0.05) is 47.4 Å². The second kappa shape index (κ2) is 12.0. The maximum absolute atomic E-state index is 13.3. The van der Waals surface area contributed by atoms with Gasteiger partial charge in [-0.2, -0.15) is 5.26 Å². The molecule has 1 amide bonds. The molecular weight excluding hydrogens is 560 g/mol. The van der Waals surface area contributed by atoms with Crippen LogP contribution >= 0.6 is 23.1 Å². The first kappa shape index (κ1) is 28.2. The molecule has 10 nitrogen and oxygen atoms in total. The normalized spacial score (nSPS) is 16.8. The predicted molar refractivity (Wildman–Crippen MR) is 158 cm³/mol. The number of carbonyl (C=O) groups is 2. The number of rotatable bonds is 8. The van der Waals surface area contributed by atoms with E-state index in [1.54, 1.807) is 30.2 Å². The van der Waals surface area contributed by atoms with Crippen molar-refractivity contribution in [3.8, 4) is 17.6 Å². The minimum atomic E-state index is -0.528. The van der Waals surface area contributed by atoms with E-state index in [0.29, 0.717) is 57.1 Å². The second-order valence-corrected chi connectivity index (χ2v) is 11.6. The van der Waals surface area contributed by atoms with Crippen LogP contribution in [0.2, 0.25) is 0 Å². The topological polar surface area (TPSA) is 143 Å². The maximum atomic E-state index is 13.3. The van der Waals surface area contributed by atoms with E-state index in [1.807, 2.05) is 31.2 Å². The molecule has 1 aliphatic heterocycles. The van der Waals surface area contributed by atoms with E-state index >= 15 is 0 Å². The van der Waals surface area contributed by atoms with E-state index in [9.17, 15) is 14.9 Å². The van der Waals surface area contributed by atoms with Gasteiger partial charge in [0, 0.05) is 23.8 Å². The largest absolute Gasteiger partial charge is 0.497 e. The third-order valence-corrected chi connectivity index (χ3v) is 9.05. The fraction of sp³-hybridized carbons (Fsp3) is 0.276. The van der Waals surface area contributed by atoms with Crippen LogP contribution in [0.3, 0.4) is 0 Å². The molecule has 1 atom stereocenters. The van der Waals surface area contributed by atoms with Crippen molar-refractivity contribution in [3.05, 3.63) is 76.3 Å². The quantitative estimate of drug-likeness (QED) is 0.349. The van der Waals surface area contributed by atoms with Crippen molar-refractivity contribution in [3.63, 3.8) is 0 Å². The molecule has 5 rings (SSSR count). The summed E-state index contributed by atoms with van der Waals surface area (Å²) in [6, 6.07) is 15.2. The van der Waals surface area contributed by atoms with Crippen LogP contribution in [0.5, 0.6) is 11.5 Å². The monoisotopic (exact) mass is 588 g/mol. The van der Waals surface area contributed by atoms with Crippen molar-refractivity contribution in [2.24, 2.45) is 5.73 Å². The Kier molecular flexibility index (Phi) is 8.28. The Hall–Kier alpha value is -4.34. The molecule has 2 aliphatic rings. The minimum Gasteiger partial charge on any atom is -0.497 e. The molecule has 0 saturated heterocycles. The molecule has 12 heteroatoms. The molecule has 41 heavy (non-hydrogen) atoms. The number of nitrogens with zero attached hydrogens (tertiary/aromatic N) is 4. The smallest absolute Gasteiger partial charge is 0.234 e. The second-order valence-electron chi connectivity index (χ2n) is 9.43. The van der Waals surface area contributed by atoms with Gasteiger partial charge in [-0.15, -0.1) is 10.2 Å². The van der Waals surface area contributed by atoms with Gasteiger partial charge in [-0.25, -0.2) is 0 Å². The van der Waals surface area contributed by atoms with Gasteiger partial charge < -0.3 is 20.5 Å². The van der Waals surface area contributed by atoms with Crippen LogP contribution in [-0.2, 0) is 9.59 Å². The Morgan fingerprint density at radius 1 is 1.22 bits per heavy atom. The van der Waals surface area contributed by atoms with E-state index in [2.05, 4.69) is 21.6 Å². The fourth-order valence-electron chi connectivity index (χ4n) is 5.10. The summed E-state index contributed by atoms with van der Waals surface area (Å²) in [6.45, 7) is 1.97. The van der Waals surface area contributed by atoms with Gasteiger partial charge in [0.25, 0.3) is 0 Å². The van der Waals surface area contributed by atoms with Crippen LogP contribution in [-0.4, -0.2) is 41.9 Å². The molecule has 0 radical (unpaired) electrons. The number of methoxy groups -OCH3 is 2. The molecule has 3 aromatic rings. The highest BCUT2D eigenvalue weighted by atomic mass is 32.2. The van der Waals surface area contributed by atoms with Crippen LogP contribution in [0.1, 0.15) is 36.3 Å². The lowest BCUT2D eigenvalue weighted by atomic mass is 9.75. The number of Topliss-reactive ketones (excluding diaryl/α,β-unsaturated/α-hetero) is 1. The Bertz CT molecular complexity index is 1620. The first-order valence-electron chi connectivity index (χ1n) is 12.9. The summed E-state index contributed by atoms with van der Waals surface area (Å²) in [5.41, 5.74) is 10.7. The van der Waals surface area contributed by atoms with E-state index < -0.39 is 5.92 Å². The number of aromatic nitrogens is 2. The minimum absolute atomic E-state index is 0.00788. The number of benzene rings is 2. The van der Waals surface area contributed by atoms with Crippen molar-refractivity contribution in [2.45, 2.75) is 36.4 Å². The SMILES string of the molecule is COc1ccc(OC)c(NC(=O)CSc2nnc(N3C(N)=C(C#N)C(c4ccccc4C)C4=C3CCCC4=O)s2)c1. The van der Waals surface area contributed by atoms with Crippen molar-refractivity contribution >= 4 is 45.6 Å².